The molecule has 4 nitrogen and oxygen atoms in total. The Balaban J connectivity index is 2.25. The molecule has 1 aromatic heterocycles. The molecule has 0 fully saturated rings. The van der Waals surface area contributed by atoms with E-state index in [2.05, 4.69) is 14.6 Å². The molecular formula is C12H13ClN2O2. The smallest absolute Gasteiger partial charge is 0.324 e. The molecule has 2 aromatic rings. The Morgan fingerprint density at radius 2 is 2.29 bits per heavy atom. The maximum absolute atomic E-state index is 11.4. The van der Waals surface area contributed by atoms with Gasteiger partial charge in [-0.3, -0.25) is 4.79 Å². The lowest BCUT2D eigenvalue weighted by molar-refractivity contribution is -0.142. The summed E-state index contributed by atoms with van der Waals surface area (Å²) in [6, 6.07) is 7.37. The minimum absolute atomic E-state index is 0.370. The number of halogens is 1. The van der Waals surface area contributed by atoms with Gasteiger partial charge in [0.1, 0.15) is 6.04 Å². The second-order valence-electron chi connectivity index (χ2n) is 3.75. The first-order valence-corrected chi connectivity index (χ1v) is 5.63. The van der Waals surface area contributed by atoms with E-state index in [4.69, 9.17) is 11.8 Å². The van der Waals surface area contributed by atoms with Gasteiger partial charge in [-0.1, -0.05) is 18.2 Å². The first kappa shape index (κ1) is 12.0. The first-order valence-electron chi connectivity index (χ1n) is 5.25. The van der Waals surface area contributed by atoms with Gasteiger partial charge in [0, 0.05) is 23.5 Å². The van der Waals surface area contributed by atoms with Crippen LogP contribution in [0.25, 0.3) is 10.9 Å². The lowest BCUT2D eigenvalue weighted by Gasteiger charge is -2.11. The molecule has 0 aliphatic carbocycles. The number of benzene rings is 1. The molecule has 90 valence electrons. The zero-order chi connectivity index (χ0) is 12.3. The fourth-order valence-corrected chi connectivity index (χ4v) is 2.00. The van der Waals surface area contributed by atoms with Crippen LogP contribution in [0.4, 0.5) is 0 Å². The summed E-state index contributed by atoms with van der Waals surface area (Å²) in [7, 11) is 1.35. The van der Waals surface area contributed by atoms with E-state index < -0.39 is 6.04 Å². The van der Waals surface area contributed by atoms with E-state index in [1.165, 1.54) is 7.11 Å². The van der Waals surface area contributed by atoms with Crippen LogP contribution in [0.1, 0.15) is 5.56 Å². The van der Waals surface area contributed by atoms with Crippen molar-refractivity contribution in [2.45, 2.75) is 12.5 Å². The average Bonchev–Trinajstić information content (AvgIpc) is 2.78. The van der Waals surface area contributed by atoms with E-state index in [-0.39, 0.29) is 5.97 Å². The number of rotatable bonds is 4. The molecule has 0 unspecified atom stereocenters. The van der Waals surface area contributed by atoms with Crippen molar-refractivity contribution in [3.8, 4) is 0 Å². The van der Waals surface area contributed by atoms with Gasteiger partial charge in [0.25, 0.3) is 0 Å². The summed E-state index contributed by atoms with van der Waals surface area (Å²) in [5.41, 5.74) is 2.07. The van der Waals surface area contributed by atoms with Crippen molar-refractivity contribution in [2.24, 2.45) is 0 Å². The third kappa shape index (κ3) is 2.43. The lowest BCUT2D eigenvalue weighted by Crippen LogP contribution is -2.33. The van der Waals surface area contributed by atoms with Crippen molar-refractivity contribution < 1.29 is 9.53 Å². The van der Waals surface area contributed by atoms with Crippen molar-refractivity contribution in [1.82, 2.24) is 9.82 Å². The molecular weight excluding hydrogens is 240 g/mol. The number of ether oxygens (including phenoxy) is 1. The molecule has 5 heteroatoms. The number of carbonyl (C=O) groups is 1. The average molecular weight is 253 g/mol. The van der Waals surface area contributed by atoms with Gasteiger partial charge in [0.2, 0.25) is 0 Å². The Bertz CT molecular complexity index is 524. The molecule has 0 saturated heterocycles. The third-order valence-electron chi connectivity index (χ3n) is 2.72. The van der Waals surface area contributed by atoms with E-state index in [1.54, 1.807) is 0 Å². The van der Waals surface area contributed by atoms with E-state index in [0.29, 0.717) is 6.42 Å². The molecule has 1 atom stereocenters. The fraction of sp³-hybridized carbons (Fsp3) is 0.250. The van der Waals surface area contributed by atoms with E-state index in [1.807, 2.05) is 30.5 Å². The Morgan fingerprint density at radius 3 is 3.00 bits per heavy atom. The number of methoxy groups -OCH3 is 1. The summed E-state index contributed by atoms with van der Waals surface area (Å²) in [5.74, 6) is -0.370. The minimum atomic E-state index is -0.541. The van der Waals surface area contributed by atoms with Gasteiger partial charge in [-0.05, 0) is 23.4 Å². The predicted octanol–water partition coefficient (Wildman–Crippen LogP) is 2.00. The molecule has 0 aliphatic heterocycles. The number of aromatic amines is 1. The van der Waals surface area contributed by atoms with Crippen LogP contribution in [0.5, 0.6) is 0 Å². The van der Waals surface area contributed by atoms with Crippen molar-refractivity contribution >= 4 is 28.6 Å². The maximum Gasteiger partial charge on any atom is 0.324 e. The highest BCUT2D eigenvalue weighted by Crippen LogP contribution is 2.19. The number of esters is 1. The number of fused-ring (bicyclic) bond motifs is 1. The molecule has 0 spiro atoms. The summed E-state index contributed by atoms with van der Waals surface area (Å²) in [5, 5.41) is 1.09. The summed E-state index contributed by atoms with van der Waals surface area (Å²) in [6.45, 7) is 0. The number of para-hydroxylation sites is 1. The Labute approximate surface area is 104 Å². The summed E-state index contributed by atoms with van der Waals surface area (Å²) in [6.07, 6.45) is 2.37. The van der Waals surface area contributed by atoms with Gasteiger partial charge < -0.3 is 9.72 Å². The number of carbonyl (C=O) groups excluding carboxylic acids is 1. The van der Waals surface area contributed by atoms with Crippen LogP contribution < -0.4 is 4.84 Å². The standard InChI is InChI=1S/C12H13ClN2O2/c1-17-12(16)11(15-13)6-8-7-14-10-5-3-2-4-9(8)10/h2-5,7,11,14-15H,6H2,1H3/t11-/m0/s1. The zero-order valence-corrected chi connectivity index (χ0v) is 10.1. The number of aromatic nitrogens is 1. The molecule has 2 rings (SSSR count). The zero-order valence-electron chi connectivity index (χ0n) is 9.37. The molecule has 1 aromatic carbocycles. The Kier molecular flexibility index (Phi) is 3.66. The van der Waals surface area contributed by atoms with Gasteiger partial charge in [0.15, 0.2) is 0 Å². The molecule has 1 heterocycles. The highest BCUT2D eigenvalue weighted by molar-refractivity contribution is 6.14. The lowest BCUT2D eigenvalue weighted by atomic mass is 10.1. The van der Waals surface area contributed by atoms with Crippen molar-refractivity contribution in [2.75, 3.05) is 7.11 Å². The molecule has 0 aliphatic rings. The first-order chi connectivity index (χ1) is 8.26. The molecule has 0 saturated carbocycles. The van der Waals surface area contributed by atoms with Gasteiger partial charge >= 0.3 is 5.97 Å². The molecule has 0 amide bonds. The van der Waals surface area contributed by atoms with Crippen LogP contribution >= 0.6 is 11.8 Å². The normalized spacial score (nSPS) is 12.6. The fourth-order valence-electron chi connectivity index (χ4n) is 1.83. The number of H-pyrrole nitrogens is 1. The van der Waals surface area contributed by atoms with Crippen LogP contribution in [-0.4, -0.2) is 24.1 Å². The van der Waals surface area contributed by atoms with Crippen LogP contribution in [0.3, 0.4) is 0 Å². The number of hydrogen-bond donors (Lipinski definition) is 2. The third-order valence-corrected chi connectivity index (χ3v) is 2.98. The monoisotopic (exact) mass is 252 g/mol. The Hall–Kier alpha value is -1.52. The van der Waals surface area contributed by atoms with Crippen LogP contribution in [0, 0.1) is 0 Å². The summed E-state index contributed by atoms with van der Waals surface area (Å²) in [4.78, 5) is 17.0. The summed E-state index contributed by atoms with van der Waals surface area (Å²) >= 11 is 5.55. The topological polar surface area (TPSA) is 54.1 Å². The highest BCUT2D eigenvalue weighted by atomic mass is 35.5. The van der Waals surface area contributed by atoms with E-state index in [0.717, 1.165) is 16.5 Å². The SMILES string of the molecule is COC(=O)[C@H](Cc1c[nH]c2ccccc12)NCl. The van der Waals surface area contributed by atoms with Crippen LogP contribution in [-0.2, 0) is 16.0 Å². The second-order valence-corrected chi connectivity index (χ2v) is 3.97. The molecule has 2 N–H and O–H groups in total. The van der Waals surface area contributed by atoms with Crippen LogP contribution in [0.15, 0.2) is 30.5 Å². The number of nitrogens with one attached hydrogen (secondary N) is 2. The molecule has 17 heavy (non-hydrogen) atoms. The summed E-state index contributed by atoms with van der Waals surface area (Å²) < 4.78 is 4.67. The van der Waals surface area contributed by atoms with Crippen molar-refractivity contribution in [3.63, 3.8) is 0 Å². The quantitative estimate of drug-likeness (QED) is 0.646. The van der Waals surface area contributed by atoms with Gasteiger partial charge in [0.05, 0.1) is 7.11 Å². The van der Waals surface area contributed by atoms with Crippen molar-refractivity contribution in [1.29, 1.82) is 0 Å². The van der Waals surface area contributed by atoms with Crippen molar-refractivity contribution in [3.05, 3.63) is 36.0 Å². The van der Waals surface area contributed by atoms with Gasteiger partial charge in [-0.2, -0.15) is 0 Å². The molecule has 0 bridgehead atoms. The highest BCUT2D eigenvalue weighted by Gasteiger charge is 2.19. The van der Waals surface area contributed by atoms with Gasteiger partial charge in [-0.15, -0.1) is 0 Å². The predicted molar refractivity (Wildman–Crippen MR) is 66.8 cm³/mol. The largest absolute Gasteiger partial charge is 0.468 e. The maximum atomic E-state index is 11.4. The second kappa shape index (κ2) is 5.21. The number of hydrogen-bond acceptors (Lipinski definition) is 3. The van der Waals surface area contributed by atoms with Crippen LogP contribution in [0.2, 0.25) is 0 Å². The molecule has 0 radical (unpaired) electrons. The Morgan fingerprint density at radius 1 is 1.53 bits per heavy atom. The van der Waals surface area contributed by atoms with E-state index >= 15 is 0 Å². The van der Waals surface area contributed by atoms with Gasteiger partial charge in [-0.25, -0.2) is 4.84 Å². The minimum Gasteiger partial charge on any atom is -0.468 e. The van der Waals surface area contributed by atoms with E-state index in [9.17, 15) is 4.79 Å².